The van der Waals surface area contributed by atoms with Crippen molar-refractivity contribution in [2.45, 2.75) is 17.5 Å². The summed E-state index contributed by atoms with van der Waals surface area (Å²) in [6.45, 7) is 0. The van der Waals surface area contributed by atoms with Crippen LogP contribution in [0.25, 0.3) is 10.8 Å². The number of halogens is 4. The SMILES string of the molecule is Cl.NS(=O)(=O)c1ccc(Cc2n[nH]c(=O)c3ccccc23)cc1C(F)(F)F. The van der Waals surface area contributed by atoms with Gasteiger partial charge in [0.2, 0.25) is 10.0 Å². The van der Waals surface area contributed by atoms with Gasteiger partial charge in [-0.05, 0) is 23.8 Å². The van der Waals surface area contributed by atoms with E-state index in [0.717, 1.165) is 12.1 Å². The summed E-state index contributed by atoms with van der Waals surface area (Å²) in [4.78, 5) is 10.8. The number of fused-ring (bicyclic) bond motifs is 1. The Hall–Kier alpha value is -2.43. The average Bonchev–Trinajstić information content (AvgIpc) is 2.56. The lowest BCUT2D eigenvalue weighted by Crippen LogP contribution is -2.19. The normalized spacial score (nSPS) is 12.0. The number of hydrogen-bond acceptors (Lipinski definition) is 4. The van der Waals surface area contributed by atoms with E-state index >= 15 is 0 Å². The zero-order chi connectivity index (χ0) is 19.1. The maximum absolute atomic E-state index is 13.2. The molecule has 0 aliphatic heterocycles. The molecule has 0 spiro atoms. The van der Waals surface area contributed by atoms with Crippen LogP contribution in [0.4, 0.5) is 13.2 Å². The van der Waals surface area contributed by atoms with Crippen LogP contribution in [0.5, 0.6) is 0 Å². The molecule has 0 aliphatic rings. The van der Waals surface area contributed by atoms with Crippen LogP contribution in [-0.4, -0.2) is 18.6 Å². The molecule has 11 heteroatoms. The number of sulfonamides is 1. The standard InChI is InChI=1S/C16H12F3N3O3S.ClH/c17-16(18,19)12-7-9(5-6-14(12)26(20,24)25)8-13-10-3-1-2-4-11(10)15(23)22-21-13;/h1-7H,8H2,(H,22,23)(H2,20,24,25);1H. The average molecular weight is 420 g/mol. The van der Waals surface area contributed by atoms with E-state index in [9.17, 15) is 26.4 Å². The third-order valence-corrected chi connectivity index (χ3v) is 4.77. The molecule has 0 amide bonds. The molecule has 3 rings (SSSR count). The lowest BCUT2D eigenvalue weighted by molar-refractivity contribution is -0.139. The molecule has 0 saturated carbocycles. The smallest absolute Gasteiger partial charge is 0.267 e. The zero-order valence-electron chi connectivity index (χ0n) is 13.4. The van der Waals surface area contributed by atoms with Crippen molar-refractivity contribution < 1.29 is 21.6 Å². The molecule has 0 fully saturated rings. The fourth-order valence-corrected chi connectivity index (χ4v) is 3.40. The number of H-pyrrole nitrogens is 1. The number of nitrogens with one attached hydrogen (secondary N) is 1. The van der Waals surface area contributed by atoms with Crippen molar-refractivity contribution in [3.63, 3.8) is 0 Å². The second-order valence-electron chi connectivity index (χ2n) is 5.60. The minimum Gasteiger partial charge on any atom is -0.267 e. The van der Waals surface area contributed by atoms with E-state index in [-0.39, 0.29) is 24.4 Å². The third kappa shape index (κ3) is 4.29. The van der Waals surface area contributed by atoms with Crippen LogP contribution >= 0.6 is 12.4 Å². The molecular weight excluding hydrogens is 407 g/mol. The fraction of sp³-hybridized carbons (Fsp3) is 0.125. The predicted octanol–water partition coefficient (Wildman–Crippen LogP) is 2.60. The second kappa shape index (κ2) is 7.29. The summed E-state index contributed by atoms with van der Waals surface area (Å²) in [5, 5.41) is 11.9. The van der Waals surface area contributed by atoms with Gasteiger partial charge in [-0.2, -0.15) is 18.3 Å². The molecule has 0 atom stereocenters. The lowest BCUT2D eigenvalue weighted by atomic mass is 10.0. The molecule has 0 radical (unpaired) electrons. The minimum absolute atomic E-state index is 0. The summed E-state index contributed by atoms with van der Waals surface area (Å²) in [7, 11) is -4.53. The molecule has 3 N–H and O–H groups in total. The molecule has 0 bridgehead atoms. The van der Waals surface area contributed by atoms with Gasteiger partial charge in [0.15, 0.2) is 0 Å². The van der Waals surface area contributed by atoms with Gasteiger partial charge < -0.3 is 0 Å². The highest BCUT2D eigenvalue weighted by Crippen LogP contribution is 2.35. The Morgan fingerprint density at radius 1 is 1.07 bits per heavy atom. The highest BCUT2D eigenvalue weighted by molar-refractivity contribution is 7.89. The molecular formula is C16H13ClF3N3O3S. The second-order valence-corrected chi connectivity index (χ2v) is 7.12. The van der Waals surface area contributed by atoms with Gasteiger partial charge >= 0.3 is 6.18 Å². The lowest BCUT2D eigenvalue weighted by Gasteiger charge is -2.13. The summed E-state index contributed by atoms with van der Waals surface area (Å²) in [5.74, 6) is 0. The van der Waals surface area contributed by atoms with Crippen LogP contribution in [0, 0.1) is 0 Å². The van der Waals surface area contributed by atoms with Crippen LogP contribution in [0.3, 0.4) is 0 Å². The molecule has 0 saturated heterocycles. The van der Waals surface area contributed by atoms with E-state index in [1.54, 1.807) is 24.3 Å². The van der Waals surface area contributed by atoms with Crippen molar-refractivity contribution >= 4 is 33.2 Å². The molecule has 6 nitrogen and oxygen atoms in total. The largest absolute Gasteiger partial charge is 0.417 e. The maximum Gasteiger partial charge on any atom is 0.417 e. The highest BCUT2D eigenvalue weighted by atomic mass is 35.5. The van der Waals surface area contributed by atoms with E-state index in [0.29, 0.717) is 16.5 Å². The van der Waals surface area contributed by atoms with E-state index in [4.69, 9.17) is 5.14 Å². The molecule has 0 aliphatic carbocycles. The van der Waals surface area contributed by atoms with Gasteiger partial charge in [0, 0.05) is 11.8 Å². The van der Waals surface area contributed by atoms with Gasteiger partial charge in [-0.3, -0.25) is 4.79 Å². The van der Waals surface area contributed by atoms with E-state index in [1.165, 1.54) is 6.07 Å². The van der Waals surface area contributed by atoms with Gasteiger partial charge in [0.05, 0.1) is 21.5 Å². The monoisotopic (exact) mass is 419 g/mol. The fourth-order valence-electron chi connectivity index (χ4n) is 2.66. The molecule has 27 heavy (non-hydrogen) atoms. The Morgan fingerprint density at radius 2 is 1.70 bits per heavy atom. The maximum atomic E-state index is 13.2. The van der Waals surface area contributed by atoms with Crippen LogP contribution < -0.4 is 10.7 Å². The zero-order valence-corrected chi connectivity index (χ0v) is 15.1. The first kappa shape index (κ1) is 20.9. The summed E-state index contributed by atoms with van der Waals surface area (Å²) in [6, 6.07) is 9.32. The van der Waals surface area contributed by atoms with Crippen LogP contribution in [0.15, 0.2) is 52.2 Å². The molecule has 0 unspecified atom stereocenters. The van der Waals surface area contributed by atoms with Crippen molar-refractivity contribution in [2.75, 3.05) is 0 Å². The van der Waals surface area contributed by atoms with Gasteiger partial charge in [0.25, 0.3) is 5.56 Å². The van der Waals surface area contributed by atoms with Gasteiger partial charge in [0.1, 0.15) is 0 Å². The first-order valence-corrected chi connectivity index (χ1v) is 8.81. The number of hydrogen-bond donors (Lipinski definition) is 2. The Morgan fingerprint density at radius 3 is 2.30 bits per heavy atom. The summed E-state index contributed by atoms with van der Waals surface area (Å²) in [6.07, 6.45) is -4.93. The van der Waals surface area contributed by atoms with Crippen molar-refractivity contribution in [3.05, 3.63) is 69.6 Å². The van der Waals surface area contributed by atoms with Crippen molar-refractivity contribution in [1.82, 2.24) is 10.2 Å². The van der Waals surface area contributed by atoms with E-state index in [1.807, 2.05) is 0 Å². The number of aromatic nitrogens is 2. The van der Waals surface area contributed by atoms with Crippen LogP contribution in [0.2, 0.25) is 0 Å². The number of alkyl halides is 3. The van der Waals surface area contributed by atoms with Gasteiger partial charge in [-0.25, -0.2) is 18.7 Å². The molecule has 2 aromatic carbocycles. The Bertz CT molecular complexity index is 1160. The van der Waals surface area contributed by atoms with Crippen LogP contribution in [0.1, 0.15) is 16.8 Å². The highest BCUT2D eigenvalue weighted by Gasteiger charge is 2.36. The van der Waals surface area contributed by atoms with Crippen LogP contribution in [-0.2, 0) is 22.6 Å². The number of nitrogens with zero attached hydrogens (tertiary/aromatic N) is 1. The van der Waals surface area contributed by atoms with Crippen molar-refractivity contribution in [2.24, 2.45) is 5.14 Å². The molecule has 1 heterocycles. The Labute approximate surface area is 157 Å². The number of primary sulfonamides is 1. The molecule has 3 aromatic rings. The van der Waals surface area contributed by atoms with E-state index in [2.05, 4.69) is 10.2 Å². The summed E-state index contributed by atoms with van der Waals surface area (Å²) < 4.78 is 62.5. The third-order valence-electron chi connectivity index (χ3n) is 3.80. The van der Waals surface area contributed by atoms with Crippen molar-refractivity contribution in [1.29, 1.82) is 0 Å². The topological polar surface area (TPSA) is 106 Å². The minimum atomic E-state index is -4.89. The van der Waals surface area contributed by atoms with E-state index < -0.39 is 32.2 Å². The van der Waals surface area contributed by atoms with Crippen molar-refractivity contribution in [3.8, 4) is 0 Å². The quantitative estimate of drug-likeness (QED) is 0.680. The van der Waals surface area contributed by atoms with Gasteiger partial charge in [-0.15, -0.1) is 12.4 Å². The summed E-state index contributed by atoms with van der Waals surface area (Å²) in [5.41, 5.74) is -1.22. The predicted molar refractivity (Wildman–Crippen MR) is 95.2 cm³/mol. The number of aromatic amines is 1. The molecule has 144 valence electrons. The first-order chi connectivity index (χ1) is 12.1. The molecule has 1 aromatic heterocycles. The van der Waals surface area contributed by atoms with Gasteiger partial charge in [-0.1, -0.05) is 24.3 Å². The number of rotatable bonds is 3. The number of nitrogens with two attached hydrogens (primary N) is 1. The Kier molecular flexibility index (Phi) is 5.64. The summed E-state index contributed by atoms with van der Waals surface area (Å²) >= 11 is 0. The Balaban J connectivity index is 0.00000261. The first-order valence-electron chi connectivity index (χ1n) is 7.26. The number of benzene rings is 2.